The van der Waals surface area contributed by atoms with Gasteiger partial charge in [-0.25, -0.2) is 4.98 Å². The maximum atomic E-state index is 11.8. The number of rotatable bonds is 6. The zero-order valence-electron chi connectivity index (χ0n) is 9.26. The molecule has 1 aromatic heterocycles. The van der Waals surface area contributed by atoms with Crippen molar-refractivity contribution in [1.29, 1.82) is 0 Å². The molecule has 0 saturated carbocycles. The van der Waals surface area contributed by atoms with Crippen LogP contribution in [0.25, 0.3) is 0 Å². The van der Waals surface area contributed by atoms with Crippen LogP contribution in [0.2, 0.25) is 0 Å². The largest absolute Gasteiger partial charge is 0.480 e. The van der Waals surface area contributed by atoms with Crippen LogP contribution in [0.5, 0.6) is 0 Å². The Morgan fingerprint density at radius 3 is 2.67 bits per heavy atom. The molecular formula is C8H14N3O5PS. The fraction of sp³-hybridized carbons (Fsp3) is 0.500. The lowest BCUT2D eigenvalue weighted by molar-refractivity contribution is -0.138. The van der Waals surface area contributed by atoms with Crippen LogP contribution in [0.4, 0.5) is 5.13 Å². The van der Waals surface area contributed by atoms with Crippen molar-refractivity contribution < 1.29 is 24.5 Å². The van der Waals surface area contributed by atoms with Gasteiger partial charge in [-0.3, -0.25) is 9.36 Å². The number of carboxylic acids is 1. The highest BCUT2D eigenvalue weighted by atomic mass is 32.1. The van der Waals surface area contributed by atoms with E-state index in [1.807, 2.05) is 0 Å². The third kappa shape index (κ3) is 3.76. The first kappa shape index (κ1) is 15.1. The van der Waals surface area contributed by atoms with Crippen molar-refractivity contribution in [2.75, 3.05) is 11.9 Å². The normalized spacial score (nSPS) is 17.9. The van der Waals surface area contributed by atoms with Gasteiger partial charge in [-0.15, -0.1) is 0 Å². The summed E-state index contributed by atoms with van der Waals surface area (Å²) in [6, 6.07) is -1.23. The van der Waals surface area contributed by atoms with Crippen LogP contribution in [0.1, 0.15) is 17.1 Å². The van der Waals surface area contributed by atoms with Gasteiger partial charge in [0.2, 0.25) is 7.37 Å². The second kappa shape index (κ2) is 5.77. The minimum absolute atomic E-state index is 0.169. The summed E-state index contributed by atoms with van der Waals surface area (Å²) in [7, 11) is -3.96. The van der Waals surface area contributed by atoms with Crippen molar-refractivity contribution in [3.63, 3.8) is 0 Å². The summed E-state index contributed by atoms with van der Waals surface area (Å²) in [6.45, 7) is 0. The molecule has 0 amide bonds. The molecule has 0 radical (unpaired) electrons. The standard InChI is InChI=1S/C8H14N3O5PS/c9-4(6(12)13)1-2-17(15,16)7(14)5-3-11-8(10)18-5/h3-4,7,14H,1-2,9H2,(H2,10,11)(H,12,13)(H,15,16)/t4-,7?/m0/s1. The third-order valence-electron chi connectivity index (χ3n) is 2.26. The molecule has 0 spiro atoms. The lowest BCUT2D eigenvalue weighted by Crippen LogP contribution is -2.31. The van der Waals surface area contributed by atoms with Gasteiger partial charge in [-0.1, -0.05) is 11.3 Å². The number of aliphatic carboxylic acids is 1. The Kier molecular flexibility index (Phi) is 4.83. The third-order valence-corrected chi connectivity index (χ3v) is 5.25. The highest BCUT2D eigenvalue weighted by Crippen LogP contribution is 2.55. The summed E-state index contributed by atoms with van der Waals surface area (Å²) in [5, 5.41) is 18.5. The van der Waals surface area contributed by atoms with Crippen molar-refractivity contribution in [2.45, 2.75) is 18.3 Å². The fourth-order valence-corrected chi connectivity index (χ4v) is 3.76. The van der Waals surface area contributed by atoms with Crippen LogP contribution < -0.4 is 11.5 Å². The van der Waals surface area contributed by atoms with E-state index in [1.54, 1.807) is 0 Å². The van der Waals surface area contributed by atoms with Crippen LogP contribution in [0, 0.1) is 0 Å². The van der Waals surface area contributed by atoms with E-state index in [2.05, 4.69) is 4.98 Å². The molecule has 1 heterocycles. The van der Waals surface area contributed by atoms with Crippen molar-refractivity contribution in [1.82, 2.24) is 4.98 Å². The number of nitrogens with two attached hydrogens (primary N) is 2. The van der Waals surface area contributed by atoms with Gasteiger partial charge in [0, 0.05) is 12.4 Å². The summed E-state index contributed by atoms with van der Waals surface area (Å²) in [5.41, 5.74) is 10.6. The van der Waals surface area contributed by atoms with Gasteiger partial charge >= 0.3 is 5.97 Å². The summed E-state index contributed by atoms with van der Waals surface area (Å²) in [4.78, 5) is 24.0. The number of carboxylic acid groups (broad SMARTS) is 1. The molecule has 1 aromatic rings. The maximum Gasteiger partial charge on any atom is 0.320 e. The SMILES string of the molecule is Nc1ncc(C(O)P(=O)(O)CC[C@H](N)C(=O)O)s1. The second-order valence-electron chi connectivity index (χ2n) is 3.69. The van der Waals surface area contributed by atoms with Crippen LogP contribution in [-0.4, -0.2) is 38.3 Å². The van der Waals surface area contributed by atoms with Crippen LogP contribution >= 0.6 is 18.7 Å². The lowest BCUT2D eigenvalue weighted by Gasteiger charge is -2.17. The number of hydrogen-bond acceptors (Lipinski definition) is 7. The summed E-state index contributed by atoms with van der Waals surface area (Å²) < 4.78 is 11.8. The monoisotopic (exact) mass is 295 g/mol. The van der Waals surface area contributed by atoms with Gasteiger partial charge in [0.05, 0.1) is 4.88 Å². The number of nitrogens with zero attached hydrogens (tertiary/aromatic N) is 1. The molecule has 2 unspecified atom stereocenters. The zero-order chi connectivity index (χ0) is 13.9. The van der Waals surface area contributed by atoms with Gasteiger partial charge in [0.15, 0.2) is 11.0 Å². The molecular weight excluding hydrogens is 281 g/mol. The summed E-state index contributed by atoms with van der Waals surface area (Å²) in [6.07, 6.45) is 0.624. The van der Waals surface area contributed by atoms with E-state index in [-0.39, 0.29) is 22.6 Å². The second-order valence-corrected chi connectivity index (χ2v) is 7.23. The highest BCUT2D eigenvalue weighted by molar-refractivity contribution is 7.58. The molecule has 0 aromatic carbocycles. The van der Waals surface area contributed by atoms with Crippen molar-refractivity contribution in [3.8, 4) is 0 Å². The molecule has 10 heteroatoms. The number of aliphatic hydroxyl groups is 1. The minimum atomic E-state index is -3.96. The quantitative estimate of drug-likeness (QED) is 0.450. The average molecular weight is 295 g/mol. The molecule has 0 fully saturated rings. The smallest absolute Gasteiger partial charge is 0.320 e. The number of nitrogen functional groups attached to an aromatic ring is 1. The molecule has 102 valence electrons. The topological polar surface area (TPSA) is 160 Å². The summed E-state index contributed by atoms with van der Waals surface area (Å²) in [5.74, 6) is -2.88. The van der Waals surface area contributed by atoms with Crippen LogP contribution in [0.15, 0.2) is 6.20 Å². The lowest BCUT2D eigenvalue weighted by atomic mass is 10.2. The van der Waals surface area contributed by atoms with E-state index in [0.29, 0.717) is 0 Å². The molecule has 7 N–H and O–H groups in total. The Morgan fingerprint density at radius 2 is 2.22 bits per heavy atom. The Balaban J connectivity index is 2.68. The Morgan fingerprint density at radius 1 is 1.61 bits per heavy atom. The Labute approximate surface area is 107 Å². The van der Waals surface area contributed by atoms with E-state index in [4.69, 9.17) is 16.6 Å². The number of aliphatic hydroxyl groups excluding tert-OH is 1. The first-order valence-electron chi connectivity index (χ1n) is 4.93. The van der Waals surface area contributed by atoms with Gasteiger partial charge < -0.3 is 26.6 Å². The van der Waals surface area contributed by atoms with Gasteiger partial charge in [-0.05, 0) is 6.42 Å². The summed E-state index contributed by atoms with van der Waals surface area (Å²) >= 11 is 0.900. The molecule has 0 aliphatic rings. The van der Waals surface area contributed by atoms with E-state index >= 15 is 0 Å². The van der Waals surface area contributed by atoms with Gasteiger partial charge in [0.1, 0.15) is 6.04 Å². The van der Waals surface area contributed by atoms with Gasteiger partial charge in [-0.2, -0.15) is 0 Å². The highest BCUT2D eigenvalue weighted by Gasteiger charge is 2.32. The molecule has 0 saturated heterocycles. The Bertz CT molecular complexity index is 479. The molecule has 1 rings (SSSR count). The van der Waals surface area contributed by atoms with Gasteiger partial charge in [0.25, 0.3) is 0 Å². The predicted octanol–water partition coefficient (Wildman–Crippen LogP) is -0.211. The maximum absolute atomic E-state index is 11.8. The van der Waals surface area contributed by atoms with E-state index in [0.717, 1.165) is 11.3 Å². The van der Waals surface area contributed by atoms with E-state index in [9.17, 15) is 19.4 Å². The number of anilines is 1. The molecule has 18 heavy (non-hydrogen) atoms. The molecule has 0 aliphatic heterocycles. The van der Waals surface area contributed by atoms with Crippen molar-refractivity contribution >= 4 is 29.8 Å². The Hall–Kier alpha value is -0.990. The van der Waals surface area contributed by atoms with Crippen LogP contribution in [-0.2, 0) is 9.36 Å². The average Bonchev–Trinajstić information content (AvgIpc) is 2.71. The number of carbonyl (C=O) groups is 1. The number of hydrogen-bond donors (Lipinski definition) is 5. The predicted molar refractivity (Wildman–Crippen MR) is 66.4 cm³/mol. The van der Waals surface area contributed by atoms with E-state index in [1.165, 1.54) is 6.20 Å². The first-order chi connectivity index (χ1) is 8.24. The van der Waals surface area contributed by atoms with E-state index < -0.39 is 25.2 Å². The molecule has 8 nitrogen and oxygen atoms in total. The molecule has 0 bridgehead atoms. The minimum Gasteiger partial charge on any atom is -0.480 e. The number of thiazole rings is 1. The molecule has 3 atom stereocenters. The first-order valence-corrected chi connectivity index (χ1v) is 7.66. The zero-order valence-corrected chi connectivity index (χ0v) is 11.0. The van der Waals surface area contributed by atoms with Crippen molar-refractivity contribution in [3.05, 3.63) is 11.1 Å². The van der Waals surface area contributed by atoms with Crippen molar-refractivity contribution in [2.24, 2.45) is 5.73 Å². The fourth-order valence-electron chi connectivity index (χ4n) is 1.19. The van der Waals surface area contributed by atoms with Crippen LogP contribution in [0.3, 0.4) is 0 Å². The molecule has 0 aliphatic carbocycles. The number of aromatic nitrogens is 1.